The van der Waals surface area contributed by atoms with Gasteiger partial charge in [0, 0.05) is 12.6 Å². The summed E-state index contributed by atoms with van der Waals surface area (Å²) in [4.78, 5) is 23.4. The number of nitrogens with zero attached hydrogens (tertiary/aromatic N) is 2. The number of nitro groups is 1. The summed E-state index contributed by atoms with van der Waals surface area (Å²) in [5, 5.41) is 20.4. The number of nitro benzene ring substituents is 1. The van der Waals surface area contributed by atoms with E-state index in [9.17, 15) is 20.0 Å². The van der Waals surface area contributed by atoms with Crippen LogP contribution in [-0.4, -0.2) is 40.6 Å². The normalized spacial score (nSPS) is 15.4. The second kappa shape index (κ2) is 5.01. The SMILES string of the molecule is O=C(c1cccc([N+](=O)[O-])c1O)N1[CH]COCC1. The Hall–Kier alpha value is -2.15. The molecule has 0 bridgehead atoms. The van der Waals surface area contributed by atoms with E-state index in [0.717, 1.165) is 6.07 Å². The molecule has 1 amide bonds. The summed E-state index contributed by atoms with van der Waals surface area (Å²) in [7, 11) is 0. The maximum Gasteiger partial charge on any atom is 0.311 e. The minimum Gasteiger partial charge on any atom is -0.502 e. The highest BCUT2D eigenvalue weighted by atomic mass is 16.6. The Morgan fingerprint density at radius 2 is 2.28 bits per heavy atom. The Morgan fingerprint density at radius 1 is 1.50 bits per heavy atom. The van der Waals surface area contributed by atoms with Crippen molar-refractivity contribution in [2.75, 3.05) is 19.8 Å². The van der Waals surface area contributed by atoms with Gasteiger partial charge >= 0.3 is 5.69 Å². The van der Waals surface area contributed by atoms with E-state index in [2.05, 4.69) is 0 Å². The molecule has 1 saturated heterocycles. The number of phenols is 1. The van der Waals surface area contributed by atoms with Crippen LogP contribution in [0.1, 0.15) is 10.4 Å². The van der Waals surface area contributed by atoms with Crippen molar-refractivity contribution in [2.24, 2.45) is 0 Å². The molecular formula is C11H11N2O5. The van der Waals surface area contributed by atoms with Gasteiger partial charge in [-0.1, -0.05) is 6.07 Å². The summed E-state index contributed by atoms with van der Waals surface area (Å²) in [6, 6.07) is 3.87. The van der Waals surface area contributed by atoms with E-state index in [1.807, 2.05) is 0 Å². The van der Waals surface area contributed by atoms with Crippen molar-refractivity contribution in [2.45, 2.75) is 0 Å². The molecule has 1 aliphatic heterocycles. The summed E-state index contributed by atoms with van der Waals surface area (Å²) in [6.45, 7) is 2.62. The van der Waals surface area contributed by atoms with Gasteiger partial charge in [-0.3, -0.25) is 14.9 Å². The summed E-state index contributed by atoms with van der Waals surface area (Å²) in [6.07, 6.45) is 0. The van der Waals surface area contributed by atoms with E-state index in [-0.39, 0.29) is 5.56 Å². The molecule has 0 unspecified atom stereocenters. The molecule has 1 radical (unpaired) electrons. The number of ether oxygens (including phenoxy) is 1. The highest BCUT2D eigenvalue weighted by Gasteiger charge is 2.25. The highest BCUT2D eigenvalue weighted by molar-refractivity contribution is 5.98. The first-order valence-corrected chi connectivity index (χ1v) is 5.29. The summed E-state index contributed by atoms with van der Waals surface area (Å²) >= 11 is 0. The van der Waals surface area contributed by atoms with Gasteiger partial charge in [-0.25, -0.2) is 0 Å². The monoisotopic (exact) mass is 251 g/mol. The Morgan fingerprint density at radius 3 is 2.89 bits per heavy atom. The Kier molecular flexibility index (Phi) is 3.42. The van der Waals surface area contributed by atoms with Crippen LogP contribution in [0.4, 0.5) is 5.69 Å². The molecule has 18 heavy (non-hydrogen) atoms. The van der Waals surface area contributed by atoms with Crippen molar-refractivity contribution in [3.05, 3.63) is 40.4 Å². The number of amides is 1. The smallest absolute Gasteiger partial charge is 0.311 e. The lowest BCUT2D eigenvalue weighted by Gasteiger charge is -2.26. The van der Waals surface area contributed by atoms with Crippen molar-refractivity contribution in [1.29, 1.82) is 0 Å². The number of morpholine rings is 1. The van der Waals surface area contributed by atoms with Crippen LogP contribution >= 0.6 is 0 Å². The molecule has 1 N–H and O–H groups in total. The van der Waals surface area contributed by atoms with Gasteiger partial charge in [-0.2, -0.15) is 0 Å². The number of para-hydroxylation sites is 1. The lowest BCUT2D eigenvalue weighted by atomic mass is 10.1. The van der Waals surface area contributed by atoms with Crippen molar-refractivity contribution in [3.63, 3.8) is 0 Å². The van der Waals surface area contributed by atoms with E-state index in [0.29, 0.717) is 19.8 Å². The van der Waals surface area contributed by atoms with Crippen LogP contribution in [0, 0.1) is 16.7 Å². The molecule has 95 valence electrons. The van der Waals surface area contributed by atoms with Crippen molar-refractivity contribution >= 4 is 11.6 Å². The predicted octanol–water partition coefficient (Wildman–Crippen LogP) is 0.935. The van der Waals surface area contributed by atoms with E-state index < -0.39 is 22.3 Å². The highest BCUT2D eigenvalue weighted by Crippen LogP contribution is 2.30. The lowest BCUT2D eigenvalue weighted by molar-refractivity contribution is -0.385. The number of aromatic hydroxyl groups is 1. The Balaban J connectivity index is 2.30. The minimum atomic E-state index is -0.727. The molecule has 1 heterocycles. The molecule has 1 aliphatic rings. The third-order valence-electron chi connectivity index (χ3n) is 2.59. The number of hydrogen-bond donors (Lipinski definition) is 1. The molecule has 0 atom stereocenters. The van der Waals surface area contributed by atoms with Crippen LogP contribution in [0.5, 0.6) is 5.75 Å². The zero-order valence-electron chi connectivity index (χ0n) is 9.41. The van der Waals surface area contributed by atoms with Gasteiger partial charge in [-0.15, -0.1) is 0 Å². The molecule has 0 aromatic heterocycles. The second-order valence-corrected chi connectivity index (χ2v) is 3.69. The standard InChI is InChI=1S/C11H11N2O5/c14-10-8(2-1-3-9(10)13(16)17)11(15)12-4-6-18-7-5-12/h1-4,14H,5-7H2. The number of benzene rings is 1. The molecule has 7 nitrogen and oxygen atoms in total. The number of carbonyl (C=O) groups excluding carboxylic acids is 1. The number of hydrogen-bond acceptors (Lipinski definition) is 5. The molecule has 0 aliphatic carbocycles. The topological polar surface area (TPSA) is 92.9 Å². The second-order valence-electron chi connectivity index (χ2n) is 3.69. The average Bonchev–Trinajstić information content (AvgIpc) is 2.39. The van der Waals surface area contributed by atoms with Crippen molar-refractivity contribution in [3.8, 4) is 5.75 Å². The van der Waals surface area contributed by atoms with E-state index in [1.54, 1.807) is 6.54 Å². The van der Waals surface area contributed by atoms with Crippen LogP contribution in [0.3, 0.4) is 0 Å². The van der Waals surface area contributed by atoms with Crippen LogP contribution in [-0.2, 0) is 4.74 Å². The van der Waals surface area contributed by atoms with Crippen LogP contribution in [0.2, 0.25) is 0 Å². The van der Waals surface area contributed by atoms with Gasteiger partial charge in [0.25, 0.3) is 5.91 Å². The first-order chi connectivity index (χ1) is 8.61. The minimum absolute atomic E-state index is 0.0812. The fraction of sp³-hybridized carbons (Fsp3) is 0.273. The van der Waals surface area contributed by atoms with Gasteiger partial charge in [0.15, 0.2) is 0 Å². The molecular weight excluding hydrogens is 240 g/mol. The van der Waals surface area contributed by atoms with E-state index >= 15 is 0 Å². The maximum absolute atomic E-state index is 12.1. The molecule has 1 fully saturated rings. The van der Waals surface area contributed by atoms with Crippen molar-refractivity contribution in [1.82, 2.24) is 4.90 Å². The summed E-state index contributed by atoms with van der Waals surface area (Å²) in [5.74, 6) is -1.08. The van der Waals surface area contributed by atoms with Crippen LogP contribution < -0.4 is 0 Å². The molecule has 1 aromatic rings. The fourth-order valence-corrected chi connectivity index (χ4v) is 1.67. The molecule has 7 heteroatoms. The first kappa shape index (κ1) is 12.3. The van der Waals surface area contributed by atoms with E-state index in [4.69, 9.17) is 4.74 Å². The van der Waals surface area contributed by atoms with E-state index in [1.165, 1.54) is 17.0 Å². The van der Waals surface area contributed by atoms with Gasteiger partial charge in [-0.05, 0) is 6.07 Å². The molecule has 2 rings (SSSR count). The van der Waals surface area contributed by atoms with Gasteiger partial charge < -0.3 is 14.7 Å². The summed E-state index contributed by atoms with van der Waals surface area (Å²) in [5.41, 5.74) is -0.559. The molecule has 1 aromatic carbocycles. The van der Waals surface area contributed by atoms with Gasteiger partial charge in [0.1, 0.15) is 0 Å². The fourth-order valence-electron chi connectivity index (χ4n) is 1.67. The van der Waals surface area contributed by atoms with Gasteiger partial charge in [0.05, 0.1) is 30.2 Å². The third-order valence-corrected chi connectivity index (χ3v) is 2.59. The number of rotatable bonds is 2. The quantitative estimate of drug-likeness (QED) is 0.623. The van der Waals surface area contributed by atoms with Crippen molar-refractivity contribution < 1.29 is 19.6 Å². The Bertz CT molecular complexity index is 482. The van der Waals surface area contributed by atoms with Crippen LogP contribution in [0.25, 0.3) is 0 Å². The first-order valence-electron chi connectivity index (χ1n) is 5.29. The molecule has 0 spiro atoms. The lowest BCUT2D eigenvalue weighted by Crippen LogP contribution is -2.37. The summed E-state index contributed by atoms with van der Waals surface area (Å²) < 4.78 is 5.06. The van der Waals surface area contributed by atoms with Gasteiger partial charge in [0.2, 0.25) is 5.75 Å². The molecule has 0 saturated carbocycles. The zero-order valence-corrected chi connectivity index (χ0v) is 9.41. The number of carbonyl (C=O) groups is 1. The average molecular weight is 251 g/mol. The zero-order chi connectivity index (χ0) is 13.1. The Labute approximate surface area is 103 Å². The number of phenolic OH excluding ortho intramolecular Hbond substituents is 1. The van der Waals surface area contributed by atoms with Crippen LogP contribution in [0.15, 0.2) is 18.2 Å². The predicted molar refractivity (Wildman–Crippen MR) is 60.9 cm³/mol. The maximum atomic E-state index is 12.1. The third kappa shape index (κ3) is 2.25. The largest absolute Gasteiger partial charge is 0.502 e.